The monoisotopic (exact) mass is 300 g/mol. The number of thiocarbonyl (C=S) groups is 1. The van der Waals surface area contributed by atoms with E-state index >= 15 is 0 Å². The molecule has 0 spiro atoms. The quantitative estimate of drug-likeness (QED) is 0.520. The van der Waals surface area contributed by atoms with Crippen LogP contribution < -0.4 is 10.7 Å². The molecule has 0 amide bonds. The van der Waals surface area contributed by atoms with Gasteiger partial charge in [0.2, 0.25) is 0 Å². The Bertz CT molecular complexity index is 668. The van der Waals surface area contributed by atoms with Crippen LogP contribution in [0.4, 0.5) is 0 Å². The van der Waals surface area contributed by atoms with E-state index in [2.05, 4.69) is 71.5 Å². The van der Waals surface area contributed by atoms with Gasteiger partial charge in [0, 0.05) is 29.7 Å². The standard InChI is InChI=1S/C16H20N4S/c1-11-5-7-15(8-6-11)20-12(2)9-14(13(20)3)10-18-19-16(21)17-4/h5-10H,1-4H3,(H2,17,19,21)/b18-10-. The lowest BCUT2D eigenvalue weighted by Gasteiger charge is -2.09. The highest BCUT2D eigenvalue weighted by Crippen LogP contribution is 2.20. The summed E-state index contributed by atoms with van der Waals surface area (Å²) in [4.78, 5) is 0. The largest absolute Gasteiger partial charge is 0.364 e. The Kier molecular flexibility index (Phi) is 4.75. The van der Waals surface area contributed by atoms with Crippen molar-refractivity contribution in [2.45, 2.75) is 20.8 Å². The molecule has 2 rings (SSSR count). The molecule has 2 N–H and O–H groups in total. The number of nitrogens with zero attached hydrogens (tertiary/aromatic N) is 2. The lowest BCUT2D eigenvalue weighted by Crippen LogP contribution is -2.28. The van der Waals surface area contributed by atoms with Crippen LogP contribution in [0.5, 0.6) is 0 Å². The SMILES string of the molecule is CNC(=S)N/N=C\c1cc(C)n(-c2ccc(C)cc2)c1C. The molecule has 1 heterocycles. The second kappa shape index (κ2) is 6.54. The summed E-state index contributed by atoms with van der Waals surface area (Å²) >= 11 is 4.98. The smallest absolute Gasteiger partial charge is 0.186 e. The van der Waals surface area contributed by atoms with E-state index in [9.17, 15) is 0 Å². The van der Waals surface area contributed by atoms with Crippen LogP contribution in [0.1, 0.15) is 22.5 Å². The normalized spacial score (nSPS) is 10.9. The van der Waals surface area contributed by atoms with Crippen LogP contribution in [0, 0.1) is 20.8 Å². The van der Waals surface area contributed by atoms with Gasteiger partial charge in [0.15, 0.2) is 5.11 Å². The van der Waals surface area contributed by atoms with Gasteiger partial charge in [-0.3, -0.25) is 5.43 Å². The first-order valence-corrected chi connectivity index (χ1v) is 7.20. The molecule has 0 saturated carbocycles. The van der Waals surface area contributed by atoms with Crippen LogP contribution in [0.3, 0.4) is 0 Å². The number of benzene rings is 1. The van der Waals surface area contributed by atoms with Crippen LogP contribution in [0.25, 0.3) is 5.69 Å². The van der Waals surface area contributed by atoms with Crippen molar-refractivity contribution >= 4 is 23.5 Å². The maximum absolute atomic E-state index is 4.98. The van der Waals surface area contributed by atoms with Gasteiger partial charge in [0.1, 0.15) is 0 Å². The number of hydrogen-bond acceptors (Lipinski definition) is 2. The Hall–Kier alpha value is -2.14. The van der Waals surface area contributed by atoms with E-state index in [1.54, 1.807) is 13.3 Å². The molecule has 0 unspecified atom stereocenters. The molecule has 0 radical (unpaired) electrons. The van der Waals surface area contributed by atoms with Gasteiger partial charge in [0.25, 0.3) is 0 Å². The average Bonchev–Trinajstić information content (AvgIpc) is 2.75. The number of hydrogen-bond donors (Lipinski definition) is 2. The fraction of sp³-hybridized carbons (Fsp3) is 0.250. The summed E-state index contributed by atoms with van der Waals surface area (Å²) in [7, 11) is 1.76. The van der Waals surface area contributed by atoms with Crippen LogP contribution in [-0.4, -0.2) is 22.9 Å². The topological polar surface area (TPSA) is 41.4 Å². The van der Waals surface area contributed by atoms with Crippen LogP contribution in [0.2, 0.25) is 0 Å². The second-order valence-electron chi connectivity index (χ2n) is 4.95. The molecule has 5 heteroatoms. The molecule has 1 aromatic heterocycles. The van der Waals surface area contributed by atoms with Crippen molar-refractivity contribution in [1.29, 1.82) is 0 Å². The fourth-order valence-corrected chi connectivity index (χ4v) is 2.28. The zero-order valence-electron chi connectivity index (χ0n) is 12.8. The Labute approximate surface area is 130 Å². The lowest BCUT2D eigenvalue weighted by atomic mass is 10.2. The van der Waals surface area contributed by atoms with E-state index in [1.807, 2.05) is 0 Å². The molecule has 0 aliphatic rings. The molecule has 0 saturated heterocycles. The Morgan fingerprint density at radius 2 is 1.86 bits per heavy atom. The molecular weight excluding hydrogens is 280 g/mol. The maximum Gasteiger partial charge on any atom is 0.186 e. The number of rotatable bonds is 3. The zero-order valence-corrected chi connectivity index (χ0v) is 13.6. The number of aromatic nitrogens is 1. The number of aryl methyl sites for hydroxylation is 2. The van der Waals surface area contributed by atoms with Crippen molar-refractivity contribution < 1.29 is 0 Å². The summed E-state index contributed by atoms with van der Waals surface area (Å²) in [5, 5.41) is 7.46. The van der Waals surface area contributed by atoms with Gasteiger partial charge >= 0.3 is 0 Å². The first kappa shape index (κ1) is 15.3. The van der Waals surface area contributed by atoms with Gasteiger partial charge in [-0.25, -0.2) is 0 Å². The van der Waals surface area contributed by atoms with Crippen molar-refractivity contribution in [3.63, 3.8) is 0 Å². The highest BCUT2D eigenvalue weighted by atomic mass is 32.1. The highest BCUT2D eigenvalue weighted by molar-refractivity contribution is 7.80. The summed E-state index contributed by atoms with van der Waals surface area (Å²) in [6.07, 6.45) is 1.79. The van der Waals surface area contributed by atoms with Crippen molar-refractivity contribution in [2.75, 3.05) is 7.05 Å². The van der Waals surface area contributed by atoms with E-state index < -0.39 is 0 Å². The molecular formula is C16H20N4S. The number of nitrogens with one attached hydrogen (secondary N) is 2. The number of hydrazone groups is 1. The molecule has 2 aromatic rings. The molecule has 0 bridgehead atoms. The van der Waals surface area contributed by atoms with Gasteiger partial charge in [-0.05, 0) is 51.2 Å². The van der Waals surface area contributed by atoms with Crippen LogP contribution in [0.15, 0.2) is 35.4 Å². The highest BCUT2D eigenvalue weighted by Gasteiger charge is 2.09. The van der Waals surface area contributed by atoms with E-state index in [4.69, 9.17) is 12.2 Å². The minimum Gasteiger partial charge on any atom is -0.364 e. The van der Waals surface area contributed by atoms with Crippen molar-refractivity contribution in [1.82, 2.24) is 15.3 Å². The third-order valence-corrected chi connectivity index (χ3v) is 3.65. The van der Waals surface area contributed by atoms with Crippen molar-refractivity contribution in [2.24, 2.45) is 5.10 Å². The first-order chi connectivity index (χ1) is 10.0. The molecule has 0 aliphatic heterocycles. The molecule has 110 valence electrons. The molecule has 4 nitrogen and oxygen atoms in total. The Morgan fingerprint density at radius 1 is 1.19 bits per heavy atom. The third-order valence-electron chi connectivity index (χ3n) is 3.36. The third kappa shape index (κ3) is 3.49. The predicted octanol–water partition coefficient (Wildman–Crippen LogP) is 2.83. The van der Waals surface area contributed by atoms with Gasteiger partial charge in [-0.1, -0.05) is 17.7 Å². The lowest BCUT2D eigenvalue weighted by molar-refractivity contribution is 0.961. The van der Waals surface area contributed by atoms with Gasteiger partial charge in [-0.15, -0.1) is 0 Å². The molecule has 0 atom stereocenters. The second-order valence-corrected chi connectivity index (χ2v) is 5.35. The van der Waals surface area contributed by atoms with Gasteiger partial charge in [0.05, 0.1) is 6.21 Å². The predicted molar refractivity (Wildman–Crippen MR) is 92.4 cm³/mol. The first-order valence-electron chi connectivity index (χ1n) is 6.79. The summed E-state index contributed by atoms with van der Waals surface area (Å²) in [5.41, 5.74) is 8.58. The van der Waals surface area contributed by atoms with Crippen LogP contribution in [-0.2, 0) is 0 Å². The molecule has 0 aliphatic carbocycles. The molecule has 21 heavy (non-hydrogen) atoms. The van der Waals surface area contributed by atoms with Crippen molar-refractivity contribution in [3.05, 3.63) is 52.8 Å². The summed E-state index contributed by atoms with van der Waals surface area (Å²) < 4.78 is 2.22. The minimum absolute atomic E-state index is 0.499. The summed E-state index contributed by atoms with van der Waals surface area (Å²) in [6, 6.07) is 10.6. The van der Waals surface area contributed by atoms with E-state index in [0.717, 1.165) is 16.9 Å². The average molecular weight is 300 g/mol. The molecule has 0 fully saturated rings. The van der Waals surface area contributed by atoms with E-state index in [1.165, 1.54) is 11.3 Å². The van der Waals surface area contributed by atoms with Gasteiger partial charge in [-0.2, -0.15) is 5.10 Å². The Balaban J connectivity index is 2.29. The van der Waals surface area contributed by atoms with Crippen LogP contribution >= 0.6 is 12.2 Å². The van der Waals surface area contributed by atoms with Crippen molar-refractivity contribution in [3.8, 4) is 5.69 Å². The van der Waals surface area contributed by atoms with Gasteiger partial charge < -0.3 is 9.88 Å². The maximum atomic E-state index is 4.98. The Morgan fingerprint density at radius 3 is 2.48 bits per heavy atom. The van der Waals surface area contributed by atoms with E-state index in [0.29, 0.717) is 5.11 Å². The van der Waals surface area contributed by atoms with E-state index in [-0.39, 0.29) is 0 Å². The molecule has 1 aromatic carbocycles. The zero-order chi connectivity index (χ0) is 15.4. The summed E-state index contributed by atoms with van der Waals surface area (Å²) in [6.45, 7) is 6.27. The summed E-state index contributed by atoms with van der Waals surface area (Å²) in [5.74, 6) is 0. The fourth-order valence-electron chi connectivity index (χ4n) is 2.23. The minimum atomic E-state index is 0.499.